The van der Waals surface area contributed by atoms with Crippen LogP contribution in [0, 0.1) is 13.8 Å². The number of aryl methyl sites for hydroxylation is 2. The SMILES string of the molecule is COCC(C)(CC(=O)O)NC(=O)C(C)NS(=O)(=O)c1c(C)noc1C. The number of amides is 1. The number of carbonyl (C=O) groups is 2. The monoisotopic (exact) mass is 377 g/mol. The molecule has 1 aromatic heterocycles. The fraction of sp³-hybridized carbons (Fsp3) is 0.643. The van der Waals surface area contributed by atoms with Gasteiger partial charge in [-0.25, -0.2) is 8.42 Å². The second-order valence-electron chi connectivity index (χ2n) is 6.05. The minimum atomic E-state index is -4.03. The Kier molecular flexibility index (Phi) is 6.68. The van der Waals surface area contributed by atoms with Gasteiger partial charge in [0, 0.05) is 7.11 Å². The topological polar surface area (TPSA) is 148 Å². The Morgan fingerprint density at radius 2 is 2.00 bits per heavy atom. The van der Waals surface area contributed by atoms with Gasteiger partial charge >= 0.3 is 5.97 Å². The van der Waals surface area contributed by atoms with Gasteiger partial charge in [0.15, 0.2) is 5.76 Å². The zero-order valence-electron chi connectivity index (χ0n) is 14.7. The molecule has 1 amide bonds. The van der Waals surface area contributed by atoms with Crippen LogP contribution < -0.4 is 10.0 Å². The van der Waals surface area contributed by atoms with Crippen molar-refractivity contribution in [1.82, 2.24) is 15.2 Å². The van der Waals surface area contributed by atoms with Crippen LogP contribution in [0.1, 0.15) is 31.7 Å². The van der Waals surface area contributed by atoms with E-state index in [0.29, 0.717) is 0 Å². The van der Waals surface area contributed by atoms with Gasteiger partial charge in [-0.05, 0) is 27.7 Å². The number of hydrogen-bond acceptors (Lipinski definition) is 7. The third-order valence-electron chi connectivity index (χ3n) is 3.39. The smallest absolute Gasteiger partial charge is 0.305 e. The molecule has 0 aliphatic heterocycles. The fourth-order valence-corrected chi connectivity index (χ4v) is 3.92. The quantitative estimate of drug-likeness (QED) is 0.543. The molecule has 0 aliphatic carbocycles. The van der Waals surface area contributed by atoms with E-state index in [1.54, 1.807) is 0 Å². The van der Waals surface area contributed by atoms with Gasteiger partial charge in [0.05, 0.1) is 24.6 Å². The van der Waals surface area contributed by atoms with Crippen LogP contribution in [-0.4, -0.2) is 55.9 Å². The summed E-state index contributed by atoms with van der Waals surface area (Å²) in [4.78, 5) is 23.1. The van der Waals surface area contributed by atoms with Crippen LogP contribution in [0.15, 0.2) is 9.42 Å². The number of carboxylic acids is 1. The maximum atomic E-state index is 12.4. The Balaban J connectivity index is 2.90. The molecule has 1 aromatic rings. The predicted octanol–water partition coefficient (Wildman–Crippen LogP) is -0.0458. The highest BCUT2D eigenvalue weighted by atomic mass is 32.2. The molecule has 0 spiro atoms. The number of sulfonamides is 1. The molecule has 25 heavy (non-hydrogen) atoms. The summed E-state index contributed by atoms with van der Waals surface area (Å²) in [6, 6.07) is -1.15. The standard InChI is InChI=1S/C14H23N3O7S/c1-8-12(10(3)24-16-8)25(21,22)17-9(2)13(20)15-14(4,7-23-5)6-11(18)19/h9,17H,6-7H2,1-5H3,(H,15,20)(H,18,19). The average molecular weight is 377 g/mol. The predicted molar refractivity (Wildman–Crippen MR) is 86.4 cm³/mol. The summed E-state index contributed by atoms with van der Waals surface area (Å²) < 4.78 is 36.8. The van der Waals surface area contributed by atoms with Crippen molar-refractivity contribution in [2.75, 3.05) is 13.7 Å². The molecule has 0 saturated carbocycles. The minimum Gasteiger partial charge on any atom is -0.481 e. The molecular formula is C14H23N3O7S. The Bertz CT molecular complexity index is 724. The fourth-order valence-electron chi connectivity index (χ4n) is 2.39. The normalized spacial score (nSPS) is 15.4. The molecule has 0 bridgehead atoms. The summed E-state index contributed by atoms with van der Waals surface area (Å²) in [5.74, 6) is -1.70. The van der Waals surface area contributed by atoms with Crippen LogP contribution in [0.5, 0.6) is 0 Å². The first-order chi connectivity index (χ1) is 11.4. The highest BCUT2D eigenvalue weighted by Gasteiger charge is 2.33. The number of hydrogen-bond donors (Lipinski definition) is 3. The second kappa shape index (κ2) is 7.93. The van der Waals surface area contributed by atoms with Crippen molar-refractivity contribution in [3.8, 4) is 0 Å². The van der Waals surface area contributed by atoms with Crippen LogP contribution in [0.3, 0.4) is 0 Å². The van der Waals surface area contributed by atoms with E-state index < -0.39 is 33.5 Å². The van der Waals surface area contributed by atoms with Crippen LogP contribution in [0.25, 0.3) is 0 Å². The largest absolute Gasteiger partial charge is 0.481 e. The zero-order chi connectivity index (χ0) is 19.4. The number of carbonyl (C=O) groups excluding carboxylic acids is 1. The molecule has 0 radical (unpaired) electrons. The summed E-state index contributed by atoms with van der Waals surface area (Å²) >= 11 is 0. The summed E-state index contributed by atoms with van der Waals surface area (Å²) in [6.45, 7) is 5.71. The van der Waals surface area contributed by atoms with Crippen LogP contribution >= 0.6 is 0 Å². The molecule has 2 atom stereocenters. The van der Waals surface area contributed by atoms with Gasteiger partial charge in [-0.2, -0.15) is 4.72 Å². The second-order valence-corrected chi connectivity index (χ2v) is 7.70. The van der Waals surface area contributed by atoms with Crippen molar-refractivity contribution in [2.45, 2.75) is 50.6 Å². The molecule has 142 valence electrons. The highest BCUT2D eigenvalue weighted by Crippen LogP contribution is 2.19. The number of methoxy groups -OCH3 is 1. The van der Waals surface area contributed by atoms with E-state index in [9.17, 15) is 18.0 Å². The van der Waals surface area contributed by atoms with Crippen molar-refractivity contribution in [2.24, 2.45) is 0 Å². The lowest BCUT2D eigenvalue weighted by Crippen LogP contribution is -2.56. The highest BCUT2D eigenvalue weighted by molar-refractivity contribution is 7.89. The Morgan fingerprint density at radius 3 is 2.44 bits per heavy atom. The number of ether oxygens (including phenoxy) is 1. The Labute approximate surface area is 146 Å². The molecule has 10 nitrogen and oxygen atoms in total. The van der Waals surface area contributed by atoms with Gasteiger partial charge < -0.3 is 19.7 Å². The van der Waals surface area contributed by atoms with Gasteiger partial charge in [-0.3, -0.25) is 9.59 Å². The molecule has 0 saturated heterocycles. The molecular weight excluding hydrogens is 354 g/mol. The summed E-state index contributed by atoms with van der Waals surface area (Å²) in [5.41, 5.74) is -1.01. The van der Waals surface area contributed by atoms with Gasteiger partial charge in [-0.15, -0.1) is 0 Å². The third-order valence-corrected chi connectivity index (χ3v) is 5.18. The molecule has 1 rings (SSSR count). The lowest BCUT2D eigenvalue weighted by Gasteiger charge is -2.30. The first-order valence-electron chi connectivity index (χ1n) is 7.40. The maximum absolute atomic E-state index is 12.4. The van der Waals surface area contributed by atoms with Crippen molar-refractivity contribution in [1.29, 1.82) is 0 Å². The van der Waals surface area contributed by atoms with Crippen molar-refractivity contribution >= 4 is 21.9 Å². The molecule has 0 fully saturated rings. The molecule has 0 aromatic carbocycles. The van der Waals surface area contributed by atoms with E-state index in [0.717, 1.165) is 0 Å². The third kappa shape index (κ3) is 5.51. The molecule has 2 unspecified atom stereocenters. The number of aliphatic carboxylic acids is 1. The van der Waals surface area contributed by atoms with Crippen LogP contribution in [-0.2, 0) is 24.3 Å². The van der Waals surface area contributed by atoms with E-state index in [4.69, 9.17) is 14.4 Å². The van der Waals surface area contributed by atoms with Gasteiger partial charge in [0.1, 0.15) is 10.6 Å². The van der Waals surface area contributed by atoms with Crippen molar-refractivity contribution in [3.05, 3.63) is 11.5 Å². The van der Waals surface area contributed by atoms with Gasteiger partial charge in [0.25, 0.3) is 0 Å². The van der Waals surface area contributed by atoms with Crippen molar-refractivity contribution in [3.63, 3.8) is 0 Å². The van der Waals surface area contributed by atoms with E-state index in [1.807, 2.05) is 0 Å². The first-order valence-corrected chi connectivity index (χ1v) is 8.88. The molecule has 1 heterocycles. The van der Waals surface area contributed by atoms with Gasteiger partial charge in [0.2, 0.25) is 15.9 Å². The van der Waals surface area contributed by atoms with Crippen LogP contribution in [0.2, 0.25) is 0 Å². The van der Waals surface area contributed by atoms with E-state index in [2.05, 4.69) is 15.2 Å². The first kappa shape index (κ1) is 21.1. The van der Waals surface area contributed by atoms with E-state index in [1.165, 1.54) is 34.8 Å². The van der Waals surface area contributed by atoms with E-state index >= 15 is 0 Å². The maximum Gasteiger partial charge on any atom is 0.305 e. The van der Waals surface area contributed by atoms with Crippen LogP contribution in [0.4, 0.5) is 0 Å². The number of nitrogens with one attached hydrogen (secondary N) is 2. The molecule has 3 N–H and O–H groups in total. The summed E-state index contributed by atoms with van der Waals surface area (Å²) in [6.07, 6.45) is -0.379. The van der Waals surface area contributed by atoms with E-state index in [-0.39, 0.29) is 29.4 Å². The molecule has 11 heteroatoms. The average Bonchev–Trinajstić information content (AvgIpc) is 2.77. The summed E-state index contributed by atoms with van der Waals surface area (Å²) in [5, 5.41) is 15.1. The zero-order valence-corrected chi connectivity index (χ0v) is 15.6. The number of nitrogens with zero attached hydrogens (tertiary/aromatic N) is 1. The van der Waals surface area contributed by atoms with Crippen molar-refractivity contribution < 1.29 is 32.4 Å². The molecule has 0 aliphatic rings. The lowest BCUT2D eigenvalue weighted by molar-refractivity contribution is -0.139. The number of aromatic nitrogens is 1. The summed E-state index contributed by atoms with van der Waals surface area (Å²) in [7, 11) is -2.66. The number of rotatable bonds is 9. The lowest BCUT2D eigenvalue weighted by atomic mass is 9.98. The Hall–Kier alpha value is -1.98. The Morgan fingerprint density at radius 1 is 1.40 bits per heavy atom. The van der Waals surface area contributed by atoms with Gasteiger partial charge in [-0.1, -0.05) is 5.16 Å². The minimum absolute atomic E-state index is 0.0472. The number of carboxylic acid groups (broad SMARTS) is 1.